The highest BCUT2D eigenvalue weighted by atomic mass is 35.5. The summed E-state index contributed by atoms with van der Waals surface area (Å²) in [6.45, 7) is 0. The van der Waals surface area contributed by atoms with E-state index in [-0.39, 0.29) is 11.7 Å². The zero-order chi connectivity index (χ0) is 16.9. The smallest absolute Gasteiger partial charge is 0.234 e. The van der Waals surface area contributed by atoms with Gasteiger partial charge < -0.3 is 5.32 Å². The summed E-state index contributed by atoms with van der Waals surface area (Å²) in [5.41, 5.74) is 0.599. The summed E-state index contributed by atoms with van der Waals surface area (Å²) >= 11 is 13.3. The van der Waals surface area contributed by atoms with Crippen molar-refractivity contribution >= 4 is 46.6 Å². The average molecular weight is 380 g/mol. The summed E-state index contributed by atoms with van der Waals surface area (Å²) in [5.74, 6) is 0.669. The minimum atomic E-state index is -0.161. The van der Waals surface area contributed by atoms with E-state index in [0.717, 1.165) is 4.90 Å². The summed E-state index contributed by atoms with van der Waals surface area (Å²) in [5, 5.41) is 7.90. The molecule has 0 radical (unpaired) electrons. The Morgan fingerprint density at radius 1 is 1.25 bits per heavy atom. The van der Waals surface area contributed by atoms with Crippen molar-refractivity contribution in [3.63, 3.8) is 0 Å². The van der Waals surface area contributed by atoms with Gasteiger partial charge in [-0.3, -0.25) is 4.79 Å². The molecule has 24 heavy (non-hydrogen) atoms. The van der Waals surface area contributed by atoms with E-state index in [4.69, 9.17) is 23.2 Å². The van der Waals surface area contributed by atoms with Gasteiger partial charge in [0.1, 0.15) is 12.7 Å². The van der Waals surface area contributed by atoms with Crippen LogP contribution in [0.1, 0.15) is 0 Å². The number of halogens is 2. The van der Waals surface area contributed by atoms with Gasteiger partial charge in [-0.2, -0.15) is 5.10 Å². The van der Waals surface area contributed by atoms with Crippen molar-refractivity contribution in [1.82, 2.24) is 19.7 Å². The van der Waals surface area contributed by atoms with Crippen LogP contribution in [0, 0.1) is 0 Å². The summed E-state index contributed by atoms with van der Waals surface area (Å²) in [4.78, 5) is 20.9. The van der Waals surface area contributed by atoms with E-state index < -0.39 is 0 Å². The molecule has 1 aromatic carbocycles. The molecule has 0 spiro atoms. The number of hydrogen-bond acceptors (Lipinski definition) is 5. The molecule has 1 amide bonds. The van der Waals surface area contributed by atoms with Crippen molar-refractivity contribution in [2.24, 2.45) is 0 Å². The lowest BCUT2D eigenvalue weighted by Crippen LogP contribution is -2.14. The van der Waals surface area contributed by atoms with Crippen LogP contribution < -0.4 is 5.32 Å². The van der Waals surface area contributed by atoms with Crippen molar-refractivity contribution in [2.75, 3.05) is 11.1 Å². The van der Waals surface area contributed by atoms with Gasteiger partial charge >= 0.3 is 0 Å². The van der Waals surface area contributed by atoms with Gasteiger partial charge in [0.05, 0.1) is 22.7 Å². The fourth-order valence-electron chi connectivity index (χ4n) is 1.85. The first-order valence-electron chi connectivity index (χ1n) is 6.80. The topological polar surface area (TPSA) is 72.7 Å². The summed E-state index contributed by atoms with van der Waals surface area (Å²) in [7, 11) is 0. The third kappa shape index (κ3) is 4.25. The third-order valence-corrected chi connectivity index (χ3v) is 4.67. The first-order valence-corrected chi connectivity index (χ1v) is 8.55. The molecule has 0 bridgehead atoms. The van der Waals surface area contributed by atoms with Gasteiger partial charge in [0.15, 0.2) is 5.82 Å². The Bertz CT molecular complexity index is 840. The standard InChI is InChI=1S/C15H11Cl2N5OS/c16-10-1-3-12(17)13(5-10)24-7-15(23)21-11-2-4-14(19-6-11)22-9-18-8-20-22/h1-6,8-9H,7H2,(H,21,23). The van der Waals surface area contributed by atoms with Gasteiger partial charge in [-0.25, -0.2) is 14.6 Å². The fraction of sp³-hybridized carbons (Fsp3) is 0.0667. The molecule has 0 saturated carbocycles. The van der Waals surface area contributed by atoms with E-state index in [1.165, 1.54) is 22.8 Å². The fourth-order valence-corrected chi connectivity index (χ4v) is 3.14. The zero-order valence-corrected chi connectivity index (χ0v) is 14.5. The average Bonchev–Trinajstić information content (AvgIpc) is 3.11. The number of anilines is 1. The number of thioether (sulfide) groups is 1. The van der Waals surface area contributed by atoms with Gasteiger partial charge in [-0.1, -0.05) is 23.2 Å². The summed E-state index contributed by atoms with van der Waals surface area (Å²) < 4.78 is 1.53. The van der Waals surface area contributed by atoms with E-state index in [1.807, 2.05) is 0 Å². The van der Waals surface area contributed by atoms with Crippen LogP contribution in [0.4, 0.5) is 5.69 Å². The number of carbonyl (C=O) groups excluding carboxylic acids is 1. The van der Waals surface area contributed by atoms with Crippen molar-refractivity contribution in [1.29, 1.82) is 0 Å². The van der Waals surface area contributed by atoms with Gasteiger partial charge in [-0.15, -0.1) is 11.8 Å². The van der Waals surface area contributed by atoms with Gasteiger partial charge in [0.2, 0.25) is 5.91 Å². The van der Waals surface area contributed by atoms with E-state index in [2.05, 4.69) is 20.4 Å². The SMILES string of the molecule is O=C(CSc1cc(Cl)ccc1Cl)Nc1ccc(-n2cncn2)nc1. The van der Waals surface area contributed by atoms with Gasteiger partial charge in [-0.05, 0) is 30.3 Å². The Balaban J connectivity index is 1.58. The maximum Gasteiger partial charge on any atom is 0.234 e. The molecule has 122 valence electrons. The summed E-state index contributed by atoms with van der Waals surface area (Å²) in [6, 6.07) is 8.63. The number of nitrogens with one attached hydrogen (secondary N) is 1. The molecular formula is C15H11Cl2N5OS. The minimum Gasteiger partial charge on any atom is -0.324 e. The molecule has 0 aliphatic rings. The van der Waals surface area contributed by atoms with Crippen molar-refractivity contribution in [3.05, 3.63) is 59.2 Å². The number of carbonyl (C=O) groups is 1. The Morgan fingerprint density at radius 2 is 2.12 bits per heavy atom. The number of hydrogen-bond donors (Lipinski definition) is 1. The molecule has 3 aromatic rings. The minimum absolute atomic E-state index is 0.161. The van der Waals surface area contributed by atoms with Gasteiger partial charge in [0.25, 0.3) is 0 Å². The Kier molecular flexibility index (Phi) is 5.34. The predicted octanol–water partition coefficient (Wildman–Crippen LogP) is 3.70. The highest BCUT2D eigenvalue weighted by molar-refractivity contribution is 8.00. The molecule has 0 saturated heterocycles. The molecule has 6 nitrogen and oxygen atoms in total. The highest BCUT2D eigenvalue weighted by Crippen LogP contribution is 2.29. The van der Waals surface area contributed by atoms with Crippen LogP contribution in [-0.2, 0) is 4.79 Å². The molecule has 9 heteroatoms. The van der Waals surface area contributed by atoms with Crippen LogP contribution >= 0.6 is 35.0 Å². The Labute approximate surface area is 152 Å². The molecule has 2 aromatic heterocycles. The van der Waals surface area contributed by atoms with E-state index in [1.54, 1.807) is 42.9 Å². The van der Waals surface area contributed by atoms with Crippen LogP contribution in [0.25, 0.3) is 5.82 Å². The van der Waals surface area contributed by atoms with Crippen molar-refractivity contribution < 1.29 is 4.79 Å². The molecule has 0 unspecified atom stereocenters. The zero-order valence-electron chi connectivity index (χ0n) is 12.2. The largest absolute Gasteiger partial charge is 0.324 e. The number of rotatable bonds is 5. The van der Waals surface area contributed by atoms with E-state index in [9.17, 15) is 4.79 Å². The van der Waals surface area contributed by atoms with Crippen molar-refractivity contribution in [3.8, 4) is 5.82 Å². The Hall–Kier alpha value is -2.09. The number of nitrogens with zero attached hydrogens (tertiary/aromatic N) is 4. The monoisotopic (exact) mass is 379 g/mol. The molecule has 0 fully saturated rings. The second kappa shape index (κ2) is 7.65. The van der Waals surface area contributed by atoms with Crippen LogP contribution in [-0.4, -0.2) is 31.4 Å². The van der Waals surface area contributed by atoms with Crippen molar-refractivity contribution in [2.45, 2.75) is 4.90 Å². The molecular weight excluding hydrogens is 369 g/mol. The number of amides is 1. The first kappa shape index (κ1) is 16.8. The molecule has 3 rings (SSSR count). The lowest BCUT2D eigenvalue weighted by molar-refractivity contribution is -0.113. The second-order valence-electron chi connectivity index (χ2n) is 4.66. The highest BCUT2D eigenvalue weighted by Gasteiger charge is 2.08. The normalized spacial score (nSPS) is 10.6. The third-order valence-electron chi connectivity index (χ3n) is 2.94. The lowest BCUT2D eigenvalue weighted by atomic mass is 10.4. The van der Waals surface area contributed by atoms with E-state index >= 15 is 0 Å². The number of benzene rings is 1. The summed E-state index contributed by atoms with van der Waals surface area (Å²) in [6.07, 6.45) is 4.54. The van der Waals surface area contributed by atoms with Gasteiger partial charge in [0, 0.05) is 9.92 Å². The number of aromatic nitrogens is 4. The molecule has 2 heterocycles. The maximum absolute atomic E-state index is 12.0. The molecule has 0 aliphatic carbocycles. The maximum atomic E-state index is 12.0. The molecule has 1 N–H and O–H groups in total. The van der Waals surface area contributed by atoms with E-state index in [0.29, 0.717) is 21.6 Å². The van der Waals surface area contributed by atoms with Crippen LogP contribution in [0.3, 0.4) is 0 Å². The Morgan fingerprint density at radius 3 is 2.83 bits per heavy atom. The predicted molar refractivity (Wildman–Crippen MR) is 95.0 cm³/mol. The molecule has 0 atom stereocenters. The van der Waals surface area contributed by atoms with Crippen LogP contribution in [0.5, 0.6) is 0 Å². The quantitative estimate of drug-likeness (QED) is 0.684. The lowest BCUT2D eigenvalue weighted by Gasteiger charge is -2.07. The molecule has 0 aliphatic heterocycles. The first-order chi connectivity index (χ1) is 11.6. The number of pyridine rings is 1. The van der Waals surface area contributed by atoms with Crippen LogP contribution in [0.15, 0.2) is 54.1 Å². The second-order valence-corrected chi connectivity index (χ2v) is 6.52. The van der Waals surface area contributed by atoms with Crippen LogP contribution in [0.2, 0.25) is 10.0 Å².